The second-order valence-electron chi connectivity index (χ2n) is 5.85. The third-order valence-corrected chi connectivity index (χ3v) is 4.46. The topological polar surface area (TPSA) is 48.1 Å². The Morgan fingerprint density at radius 1 is 0.920 bits per heavy atom. The molecule has 0 atom stereocenters. The summed E-state index contributed by atoms with van der Waals surface area (Å²) < 4.78 is 0. The summed E-state index contributed by atoms with van der Waals surface area (Å²) in [5.41, 5.74) is 9.67. The Morgan fingerprint density at radius 3 is 2.12 bits per heavy atom. The average Bonchev–Trinajstić information content (AvgIpc) is 2.58. The molecule has 0 radical (unpaired) electrons. The maximum atomic E-state index is 6.10. The van der Waals surface area contributed by atoms with Gasteiger partial charge in [-0.1, -0.05) is 43.6 Å². The number of nitrogens with one attached hydrogen (secondary N) is 4. The van der Waals surface area contributed by atoms with E-state index in [1.807, 2.05) is 37.3 Å². The molecule has 0 spiro atoms. The minimum absolute atomic E-state index is 0.393. The van der Waals surface area contributed by atoms with E-state index in [1.165, 1.54) is 5.56 Å². The second kappa shape index (κ2) is 8.99. The SMILES string of the molecule is Cc1c(Cl)cccc1NC(=S)NNC(=S)Nc1ccc(C(C)C)cc1. The van der Waals surface area contributed by atoms with Crippen LogP contribution in [0.1, 0.15) is 30.9 Å². The van der Waals surface area contributed by atoms with Crippen LogP contribution < -0.4 is 21.5 Å². The molecule has 0 amide bonds. The molecule has 0 aliphatic rings. The van der Waals surface area contributed by atoms with Crippen molar-refractivity contribution in [3.63, 3.8) is 0 Å². The van der Waals surface area contributed by atoms with Gasteiger partial charge in [0.05, 0.1) is 0 Å². The molecule has 7 heteroatoms. The van der Waals surface area contributed by atoms with Gasteiger partial charge in [-0.15, -0.1) is 0 Å². The molecule has 0 unspecified atom stereocenters. The molecular weight excluding hydrogens is 372 g/mol. The van der Waals surface area contributed by atoms with E-state index in [1.54, 1.807) is 0 Å². The van der Waals surface area contributed by atoms with Gasteiger partial charge >= 0.3 is 0 Å². The van der Waals surface area contributed by atoms with Crippen LogP contribution in [0.3, 0.4) is 0 Å². The van der Waals surface area contributed by atoms with Crippen LogP contribution in [0.15, 0.2) is 42.5 Å². The maximum Gasteiger partial charge on any atom is 0.189 e. The van der Waals surface area contributed by atoms with E-state index in [4.69, 9.17) is 36.0 Å². The van der Waals surface area contributed by atoms with Crippen LogP contribution in [-0.2, 0) is 0 Å². The molecule has 0 aliphatic carbocycles. The summed E-state index contributed by atoms with van der Waals surface area (Å²) in [6, 6.07) is 13.8. The Balaban J connectivity index is 1.83. The summed E-state index contributed by atoms with van der Waals surface area (Å²) >= 11 is 16.6. The molecule has 0 bridgehead atoms. The smallest absolute Gasteiger partial charge is 0.189 e. The van der Waals surface area contributed by atoms with Gasteiger partial charge < -0.3 is 10.6 Å². The standard InChI is InChI=1S/C18H21ClN4S2/c1-11(2)13-7-9-14(10-8-13)20-17(24)22-23-18(25)21-16-6-4-5-15(19)12(16)3/h4-11H,1-3H3,(H2,20,22,24)(H2,21,23,25). The largest absolute Gasteiger partial charge is 0.331 e. The van der Waals surface area contributed by atoms with E-state index in [0.717, 1.165) is 16.9 Å². The van der Waals surface area contributed by atoms with Crippen molar-refractivity contribution in [2.45, 2.75) is 26.7 Å². The van der Waals surface area contributed by atoms with Crippen molar-refractivity contribution >= 4 is 57.6 Å². The fourth-order valence-corrected chi connectivity index (χ4v) is 2.63. The lowest BCUT2D eigenvalue weighted by Gasteiger charge is -2.16. The Kier molecular flexibility index (Phi) is 6.99. The number of hydrogen-bond acceptors (Lipinski definition) is 2. The zero-order valence-electron chi connectivity index (χ0n) is 14.3. The van der Waals surface area contributed by atoms with Gasteiger partial charge in [-0.05, 0) is 72.7 Å². The molecule has 0 aromatic heterocycles. The van der Waals surface area contributed by atoms with Crippen molar-refractivity contribution < 1.29 is 0 Å². The predicted molar refractivity (Wildman–Crippen MR) is 115 cm³/mol. The molecule has 0 aliphatic heterocycles. The molecule has 2 aromatic carbocycles. The van der Waals surface area contributed by atoms with Gasteiger partial charge in [-0.2, -0.15) is 0 Å². The predicted octanol–water partition coefficient (Wildman–Crippen LogP) is 4.96. The van der Waals surface area contributed by atoms with E-state index in [9.17, 15) is 0 Å². The highest BCUT2D eigenvalue weighted by Gasteiger charge is 2.05. The van der Waals surface area contributed by atoms with Gasteiger partial charge in [0.15, 0.2) is 10.2 Å². The highest BCUT2D eigenvalue weighted by atomic mass is 35.5. The minimum atomic E-state index is 0.393. The molecule has 25 heavy (non-hydrogen) atoms. The third kappa shape index (κ3) is 5.85. The van der Waals surface area contributed by atoms with E-state index in [-0.39, 0.29) is 0 Å². The Bertz CT molecular complexity index is 760. The van der Waals surface area contributed by atoms with Gasteiger partial charge in [0, 0.05) is 16.4 Å². The zero-order chi connectivity index (χ0) is 18.4. The highest BCUT2D eigenvalue weighted by Crippen LogP contribution is 2.22. The van der Waals surface area contributed by atoms with Crippen LogP contribution in [0.25, 0.3) is 0 Å². The van der Waals surface area contributed by atoms with Gasteiger partial charge in [0.1, 0.15) is 0 Å². The molecule has 0 saturated heterocycles. The summed E-state index contributed by atoms with van der Waals surface area (Å²) in [4.78, 5) is 0. The normalized spacial score (nSPS) is 10.3. The minimum Gasteiger partial charge on any atom is -0.331 e. The maximum absolute atomic E-state index is 6.10. The first-order valence-electron chi connectivity index (χ1n) is 7.86. The van der Waals surface area contributed by atoms with Crippen molar-refractivity contribution in [1.82, 2.24) is 10.9 Å². The summed E-state index contributed by atoms with van der Waals surface area (Å²) in [5.74, 6) is 0.499. The quantitative estimate of drug-likeness (QED) is 0.437. The van der Waals surface area contributed by atoms with E-state index < -0.39 is 0 Å². The monoisotopic (exact) mass is 392 g/mol. The molecule has 2 rings (SSSR count). The molecular formula is C18H21ClN4S2. The van der Waals surface area contributed by atoms with Crippen molar-refractivity contribution in [3.05, 3.63) is 58.6 Å². The summed E-state index contributed by atoms with van der Waals surface area (Å²) in [6.07, 6.45) is 0. The second-order valence-corrected chi connectivity index (χ2v) is 7.07. The van der Waals surface area contributed by atoms with E-state index >= 15 is 0 Å². The van der Waals surface area contributed by atoms with Crippen LogP contribution in [-0.4, -0.2) is 10.2 Å². The van der Waals surface area contributed by atoms with E-state index in [2.05, 4.69) is 47.5 Å². The van der Waals surface area contributed by atoms with Crippen molar-refractivity contribution in [2.24, 2.45) is 0 Å². The number of hydrogen-bond donors (Lipinski definition) is 4. The van der Waals surface area contributed by atoms with E-state index in [0.29, 0.717) is 21.2 Å². The molecule has 132 valence electrons. The Labute approximate surface area is 164 Å². The fraction of sp³-hybridized carbons (Fsp3) is 0.222. The zero-order valence-corrected chi connectivity index (χ0v) is 16.7. The average molecular weight is 393 g/mol. The Morgan fingerprint density at radius 2 is 1.52 bits per heavy atom. The number of benzene rings is 2. The molecule has 0 heterocycles. The van der Waals surface area contributed by atoms with Crippen molar-refractivity contribution in [2.75, 3.05) is 10.6 Å². The number of hydrazine groups is 1. The molecule has 2 aromatic rings. The van der Waals surface area contributed by atoms with Crippen LogP contribution in [0, 0.1) is 6.92 Å². The fourth-order valence-electron chi connectivity index (χ4n) is 2.12. The van der Waals surface area contributed by atoms with Gasteiger partial charge in [0.2, 0.25) is 0 Å². The first kappa shape index (κ1) is 19.4. The van der Waals surface area contributed by atoms with Crippen molar-refractivity contribution in [1.29, 1.82) is 0 Å². The van der Waals surface area contributed by atoms with Gasteiger partial charge in [-0.3, -0.25) is 10.9 Å². The Hall–Kier alpha value is -1.89. The number of halogens is 1. The van der Waals surface area contributed by atoms with Gasteiger partial charge in [0.25, 0.3) is 0 Å². The van der Waals surface area contributed by atoms with Crippen LogP contribution in [0.5, 0.6) is 0 Å². The van der Waals surface area contributed by atoms with Crippen LogP contribution in [0.4, 0.5) is 11.4 Å². The summed E-state index contributed by atoms with van der Waals surface area (Å²) in [7, 11) is 0. The molecule has 4 nitrogen and oxygen atoms in total. The third-order valence-electron chi connectivity index (χ3n) is 3.64. The van der Waals surface area contributed by atoms with Gasteiger partial charge in [-0.25, -0.2) is 0 Å². The number of thiocarbonyl (C=S) groups is 2. The molecule has 4 N–H and O–H groups in total. The lowest BCUT2D eigenvalue weighted by Crippen LogP contribution is -2.45. The van der Waals surface area contributed by atoms with Crippen molar-refractivity contribution in [3.8, 4) is 0 Å². The van der Waals surface area contributed by atoms with Crippen LogP contribution >= 0.6 is 36.0 Å². The molecule has 0 saturated carbocycles. The number of anilines is 2. The first-order valence-corrected chi connectivity index (χ1v) is 9.05. The lowest BCUT2D eigenvalue weighted by molar-refractivity contribution is 0.866. The lowest BCUT2D eigenvalue weighted by atomic mass is 10.0. The summed E-state index contributed by atoms with van der Waals surface area (Å²) in [6.45, 7) is 6.25. The molecule has 0 fully saturated rings. The highest BCUT2D eigenvalue weighted by molar-refractivity contribution is 7.81. The first-order chi connectivity index (χ1) is 11.9. The van der Waals surface area contributed by atoms with Crippen LogP contribution in [0.2, 0.25) is 5.02 Å². The summed E-state index contributed by atoms with van der Waals surface area (Å²) in [5, 5.41) is 7.67. The number of rotatable bonds is 3.